The Hall–Kier alpha value is -4.20. The summed E-state index contributed by atoms with van der Waals surface area (Å²) in [6.45, 7) is 0.357. The topological polar surface area (TPSA) is 91.0 Å². The first kappa shape index (κ1) is 23.0. The van der Waals surface area contributed by atoms with Crippen molar-refractivity contribution in [1.82, 2.24) is 10.2 Å². The molecule has 176 valence electrons. The third-order valence-electron chi connectivity index (χ3n) is 5.66. The van der Waals surface area contributed by atoms with Crippen molar-refractivity contribution in [2.24, 2.45) is 0 Å². The Balaban J connectivity index is 1.43. The number of alkyl halides is 3. The lowest BCUT2D eigenvalue weighted by Gasteiger charge is -2.37. The van der Waals surface area contributed by atoms with Crippen molar-refractivity contribution in [1.29, 1.82) is 0 Å². The highest BCUT2D eigenvalue weighted by Gasteiger charge is 2.53. The number of likely N-dealkylation sites (tertiary alicyclic amines) is 1. The van der Waals surface area contributed by atoms with Crippen LogP contribution in [-0.4, -0.2) is 47.9 Å². The molecule has 0 saturated carbocycles. The molecule has 0 radical (unpaired) electrons. The number of hydrogen-bond acceptors (Lipinski definition) is 4. The number of nitrogens with zero attached hydrogens (tertiary/aromatic N) is 2. The Morgan fingerprint density at radius 2 is 1.82 bits per heavy atom. The number of nitrogens with one attached hydrogen (secondary N) is 2. The number of amides is 5. The highest BCUT2D eigenvalue weighted by molar-refractivity contribution is 6.23. The molecule has 2 aliphatic heterocycles. The van der Waals surface area contributed by atoms with Crippen LogP contribution in [0.2, 0.25) is 0 Å². The quantitative estimate of drug-likeness (QED) is 0.527. The van der Waals surface area contributed by atoms with Crippen LogP contribution in [0, 0.1) is 12.3 Å². The molecule has 2 aromatic rings. The number of ether oxygens (including phenoxy) is 1. The molecule has 2 aromatic carbocycles. The minimum absolute atomic E-state index is 0.0466. The van der Waals surface area contributed by atoms with Crippen molar-refractivity contribution in [3.8, 4) is 18.1 Å². The van der Waals surface area contributed by atoms with E-state index >= 15 is 0 Å². The Morgan fingerprint density at radius 3 is 2.50 bits per heavy atom. The van der Waals surface area contributed by atoms with Crippen molar-refractivity contribution in [2.75, 3.05) is 23.3 Å². The Bertz CT molecular complexity index is 1180. The van der Waals surface area contributed by atoms with Gasteiger partial charge < -0.3 is 20.3 Å². The first-order chi connectivity index (χ1) is 16.1. The van der Waals surface area contributed by atoms with Crippen LogP contribution in [0.3, 0.4) is 0 Å². The van der Waals surface area contributed by atoms with Crippen molar-refractivity contribution < 1.29 is 32.3 Å². The van der Waals surface area contributed by atoms with Crippen LogP contribution >= 0.6 is 0 Å². The fourth-order valence-corrected chi connectivity index (χ4v) is 3.99. The molecular weight excluding hydrogens is 453 g/mol. The lowest BCUT2D eigenvalue weighted by molar-refractivity contribution is -0.274. The second-order valence-electron chi connectivity index (χ2n) is 7.84. The van der Waals surface area contributed by atoms with Crippen LogP contribution in [0.15, 0.2) is 48.5 Å². The lowest BCUT2D eigenvalue weighted by atomic mass is 9.87. The molecule has 2 heterocycles. The van der Waals surface area contributed by atoms with Crippen molar-refractivity contribution >= 4 is 29.3 Å². The highest BCUT2D eigenvalue weighted by Crippen LogP contribution is 2.34. The van der Waals surface area contributed by atoms with Gasteiger partial charge in [0.15, 0.2) is 0 Å². The lowest BCUT2D eigenvalue weighted by Crippen LogP contribution is -2.56. The third-order valence-corrected chi connectivity index (χ3v) is 5.66. The summed E-state index contributed by atoms with van der Waals surface area (Å²) >= 11 is 0. The molecule has 34 heavy (non-hydrogen) atoms. The number of piperidine rings is 1. The number of hydrogen-bond donors (Lipinski definition) is 2. The van der Waals surface area contributed by atoms with Crippen LogP contribution in [-0.2, 0) is 4.79 Å². The average Bonchev–Trinajstić information content (AvgIpc) is 3.02. The van der Waals surface area contributed by atoms with E-state index < -0.39 is 29.6 Å². The smallest absolute Gasteiger partial charge is 0.406 e. The van der Waals surface area contributed by atoms with Crippen molar-refractivity contribution in [2.45, 2.75) is 24.7 Å². The summed E-state index contributed by atoms with van der Waals surface area (Å²) in [5, 5.41) is 5.40. The zero-order valence-electron chi connectivity index (χ0n) is 17.7. The molecule has 4 rings (SSSR count). The summed E-state index contributed by atoms with van der Waals surface area (Å²) in [6, 6.07) is 10.3. The predicted octanol–water partition coefficient (Wildman–Crippen LogP) is 3.69. The van der Waals surface area contributed by atoms with E-state index in [1.807, 2.05) is 0 Å². The molecular formula is C23H19F3N4O4. The van der Waals surface area contributed by atoms with Gasteiger partial charge in [0, 0.05) is 30.4 Å². The molecule has 0 bridgehead atoms. The molecule has 0 atom stereocenters. The van der Waals surface area contributed by atoms with E-state index in [0.29, 0.717) is 11.3 Å². The van der Waals surface area contributed by atoms with E-state index in [1.54, 1.807) is 24.3 Å². The summed E-state index contributed by atoms with van der Waals surface area (Å²) in [7, 11) is 0. The van der Waals surface area contributed by atoms with Gasteiger partial charge in [0.25, 0.3) is 5.91 Å². The van der Waals surface area contributed by atoms with Gasteiger partial charge in [0.05, 0.1) is 5.69 Å². The minimum atomic E-state index is -4.91. The SMILES string of the molecule is C#Cc1cccc(NC(=O)N2CCC3(CC2)NC(=O)N(c2cccc(OC(F)(F)F)c2)C3=O)c1. The number of carbonyl (C=O) groups is 3. The van der Waals surface area contributed by atoms with Crippen LogP contribution in [0.4, 0.5) is 34.1 Å². The number of benzene rings is 2. The van der Waals surface area contributed by atoms with E-state index in [0.717, 1.165) is 17.0 Å². The van der Waals surface area contributed by atoms with Gasteiger partial charge in [0.1, 0.15) is 11.3 Å². The summed E-state index contributed by atoms with van der Waals surface area (Å²) in [4.78, 5) is 40.7. The van der Waals surface area contributed by atoms with Crippen LogP contribution in [0.25, 0.3) is 0 Å². The van der Waals surface area contributed by atoms with Gasteiger partial charge in [-0.3, -0.25) is 4.79 Å². The molecule has 0 aromatic heterocycles. The Kier molecular flexibility index (Phi) is 5.83. The van der Waals surface area contributed by atoms with Gasteiger partial charge >= 0.3 is 18.4 Å². The van der Waals surface area contributed by atoms with Gasteiger partial charge in [0.2, 0.25) is 0 Å². The summed E-state index contributed by atoms with van der Waals surface area (Å²) in [6.07, 6.45) is 0.748. The first-order valence-electron chi connectivity index (χ1n) is 10.3. The van der Waals surface area contributed by atoms with Gasteiger partial charge in [-0.25, -0.2) is 14.5 Å². The third kappa shape index (κ3) is 4.61. The maximum absolute atomic E-state index is 13.2. The molecule has 2 aliphatic rings. The molecule has 2 saturated heterocycles. The zero-order chi connectivity index (χ0) is 24.5. The second kappa shape index (κ2) is 8.62. The maximum atomic E-state index is 13.2. The Labute approximate surface area is 192 Å². The number of carbonyl (C=O) groups excluding carboxylic acids is 3. The molecule has 0 unspecified atom stereocenters. The predicted molar refractivity (Wildman–Crippen MR) is 116 cm³/mol. The van der Waals surface area contributed by atoms with Crippen LogP contribution < -0.4 is 20.3 Å². The number of rotatable bonds is 3. The highest BCUT2D eigenvalue weighted by atomic mass is 19.4. The standard InChI is InChI=1S/C23H19F3N4O4/c1-2-15-5-3-6-16(13-15)27-20(32)29-11-9-22(10-12-29)19(31)30(21(33)28-22)17-7-4-8-18(14-17)34-23(24,25)26/h1,3-8,13-14H,9-12H2,(H,27,32)(H,28,33). The normalized spacial score (nSPS) is 17.4. The monoisotopic (exact) mass is 472 g/mol. The summed E-state index contributed by atoms with van der Waals surface area (Å²) < 4.78 is 41.5. The van der Waals surface area contributed by atoms with Gasteiger partial charge in [-0.05, 0) is 43.2 Å². The number of halogens is 3. The molecule has 8 nitrogen and oxygen atoms in total. The number of anilines is 2. The number of terminal acetylenes is 1. The van der Waals surface area contributed by atoms with Gasteiger partial charge in [-0.1, -0.05) is 18.1 Å². The largest absolute Gasteiger partial charge is 0.573 e. The minimum Gasteiger partial charge on any atom is -0.406 e. The van der Waals surface area contributed by atoms with Crippen LogP contribution in [0.5, 0.6) is 5.75 Å². The van der Waals surface area contributed by atoms with E-state index in [-0.39, 0.29) is 37.6 Å². The summed E-state index contributed by atoms with van der Waals surface area (Å²) in [5.74, 6) is 1.34. The summed E-state index contributed by atoms with van der Waals surface area (Å²) in [5.41, 5.74) is -0.162. The Morgan fingerprint density at radius 1 is 1.12 bits per heavy atom. The van der Waals surface area contributed by atoms with Gasteiger partial charge in [-0.2, -0.15) is 0 Å². The van der Waals surface area contributed by atoms with E-state index in [9.17, 15) is 27.6 Å². The average molecular weight is 472 g/mol. The molecule has 2 N–H and O–H groups in total. The second-order valence-corrected chi connectivity index (χ2v) is 7.84. The molecule has 0 aliphatic carbocycles. The van der Waals surface area contributed by atoms with Crippen LogP contribution in [0.1, 0.15) is 18.4 Å². The number of urea groups is 2. The van der Waals surface area contributed by atoms with Gasteiger partial charge in [-0.15, -0.1) is 19.6 Å². The molecule has 1 spiro atoms. The maximum Gasteiger partial charge on any atom is 0.573 e. The zero-order valence-corrected chi connectivity index (χ0v) is 17.7. The molecule has 5 amide bonds. The molecule has 11 heteroatoms. The van der Waals surface area contributed by atoms with Crippen molar-refractivity contribution in [3.05, 3.63) is 54.1 Å². The number of imide groups is 1. The van der Waals surface area contributed by atoms with E-state index in [2.05, 4.69) is 21.3 Å². The first-order valence-corrected chi connectivity index (χ1v) is 10.3. The van der Waals surface area contributed by atoms with Crippen molar-refractivity contribution in [3.63, 3.8) is 0 Å². The van der Waals surface area contributed by atoms with E-state index in [4.69, 9.17) is 6.42 Å². The van der Waals surface area contributed by atoms with E-state index in [1.165, 1.54) is 17.0 Å². The fraction of sp³-hybridized carbons (Fsp3) is 0.261. The fourth-order valence-electron chi connectivity index (χ4n) is 3.99. The molecule has 2 fully saturated rings.